The lowest BCUT2D eigenvalue weighted by Gasteiger charge is -2.13. The monoisotopic (exact) mass is 366 g/mol. The Morgan fingerprint density at radius 1 is 0.926 bits per heavy atom. The van der Waals surface area contributed by atoms with Crippen LogP contribution < -0.4 is 10.6 Å². The first-order valence-electron chi connectivity index (χ1n) is 9.22. The molecule has 1 aliphatic heterocycles. The van der Waals surface area contributed by atoms with E-state index in [2.05, 4.69) is 16.7 Å². The third-order valence-electron chi connectivity index (χ3n) is 4.63. The van der Waals surface area contributed by atoms with Crippen LogP contribution in [0.1, 0.15) is 39.0 Å². The third-order valence-corrected chi connectivity index (χ3v) is 4.63. The van der Waals surface area contributed by atoms with Crippen molar-refractivity contribution in [3.8, 4) is 0 Å². The largest absolute Gasteiger partial charge is 0.457 e. The average Bonchev–Trinajstić information content (AvgIpc) is 3.01. The molecule has 1 aliphatic rings. The molecule has 5 heteroatoms. The molecule has 1 amide bonds. The first kappa shape index (κ1) is 19.1. The Bertz CT molecular complexity index is 835. The van der Waals surface area contributed by atoms with Crippen LogP contribution in [-0.4, -0.2) is 30.6 Å². The van der Waals surface area contributed by atoms with Crippen LogP contribution in [0.5, 0.6) is 0 Å². The van der Waals surface area contributed by atoms with E-state index >= 15 is 0 Å². The lowest BCUT2D eigenvalue weighted by Crippen LogP contribution is -2.35. The van der Waals surface area contributed by atoms with Gasteiger partial charge in [0, 0.05) is 18.7 Å². The number of nitrogens with one attached hydrogen (secondary N) is 2. The van der Waals surface area contributed by atoms with E-state index in [1.807, 2.05) is 58.0 Å². The molecule has 0 aliphatic carbocycles. The van der Waals surface area contributed by atoms with Gasteiger partial charge >= 0.3 is 5.97 Å². The molecule has 0 saturated carbocycles. The van der Waals surface area contributed by atoms with Gasteiger partial charge in [0.1, 0.15) is 6.10 Å². The first-order valence-corrected chi connectivity index (χ1v) is 9.22. The summed E-state index contributed by atoms with van der Waals surface area (Å²) in [4.78, 5) is 24.9. The lowest BCUT2D eigenvalue weighted by atomic mass is 10.1. The van der Waals surface area contributed by atoms with Gasteiger partial charge in [0.05, 0.1) is 11.6 Å². The molecule has 1 saturated heterocycles. The van der Waals surface area contributed by atoms with Crippen LogP contribution in [0.4, 0.5) is 5.69 Å². The van der Waals surface area contributed by atoms with Crippen LogP contribution in [0.15, 0.2) is 36.4 Å². The Labute approximate surface area is 160 Å². The highest BCUT2D eigenvalue weighted by atomic mass is 16.5. The van der Waals surface area contributed by atoms with Crippen molar-refractivity contribution < 1.29 is 14.3 Å². The van der Waals surface area contributed by atoms with Crippen molar-refractivity contribution in [2.45, 2.75) is 46.3 Å². The van der Waals surface area contributed by atoms with Gasteiger partial charge in [0.2, 0.25) is 5.91 Å². The fraction of sp³-hybridized carbons (Fsp3) is 0.364. The van der Waals surface area contributed by atoms with Crippen molar-refractivity contribution in [2.24, 2.45) is 0 Å². The van der Waals surface area contributed by atoms with Gasteiger partial charge in [-0.1, -0.05) is 23.3 Å². The van der Waals surface area contributed by atoms with Crippen molar-refractivity contribution in [3.63, 3.8) is 0 Å². The maximum atomic E-state index is 12.5. The number of hydrogen-bond donors (Lipinski definition) is 2. The zero-order chi connectivity index (χ0) is 19.6. The zero-order valence-corrected chi connectivity index (χ0v) is 16.3. The SMILES string of the molecule is Cc1cc(C)cc(NC(=O)[C@@H]2C[C@@H](OC(=O)c3cc(C)cc(C)c3)CN2)c1. The van der Waals surface area contributed by atoms with Gasteiger partial charge in [-0.2, -0.15) is 0 Å². The first-order chi connectivity index (χ1) is 12.8. The normalized spacial score (nSPS) is 19.0. The van der Waals surface area contributed by atoms with Gasteiger partial charge in [0.25, 0.3) is 0 Å². The highest BCUT2D eigenvalue weighted by molar-refractivity contribution is 5.95. The molecule has 27 heavy (non-hydrogen) atoms. The molecule has 2 aromatic rings. The fourth-order valence-corrected chi connectivity index (χ4v) is 3.58. The predicted molar refractivity (Wildman–Crippen MR) is 106 cm³/mol. The van der Waals surface area contributed by atoms with E-state index in [0.29, 0.717) is 18.5 Å². The van der Waals surface area contributed by atoms with Gasteiger partial charge in [0.15, 0.2) is 0 Å². The maximum Gasteiger partial charge on any atom is 0.338 e. The third kappa shape index (κ3) is 4.95. The predicted octanol–water partition coefficient (Wildman–Crippen LogP) is 3.45. The average molecular weight is 366 g/mol. The Morgan fingerprint density at radius 3 is 2.07 bits per heavy atom. The molecule has 0 radical (unpaired) electrons. The molecule has 0 unspecified atom stereocenters. The van der Waals surface area contributed by atoms with Crippen molar-refractivity contribution in [3.05, 3.63) is 64.2 Å². The number of esters is 1. The van der Waals surface area contributed by atoms with E-state index < -0.39 is 0 Å². The molecule has 1 heterocycles. The standard InChI is InChI=1S/C22H26N2O3/c1-13-5-14(2)8-17(7-13)22(26)27-19-11-20(23-12-19)21(25)24-18-9-15(3)6-16(4)10-18/h5-10,19-20,23H,11-12H2,1-4H3,(H,24,25)/t19-,20+/m1/s1. The summed E-state index contributed by atoms with van der Waals surface area (Å²) in [6, 6.07) is 11.2. The molecule has 2 N–H and O–H groups in total. The van der Waals surface area contributed by atoms with E-state index in [9.17, 15) is 9.59 Å². The number of carbonyl (C=O) groups is 2. The van der Waals surface area contributed by atoms with Crippen LogP contribution in [0.3, 0.4) is 0 Å². The second kappa shape index (κ2) is 7.92. The molecule has 2 aromatic carbocycles. The number of aryl methyl sites for hydroxylation is 4. The van der Waals surface area contributed by atoms with Gasteiger partial charge in [-0.25, -0.2) is 4.79 Å². The molecule has 2 atom stereocenters. The zero-order valence-electron chi connectivity index (χ0n) is 16.3. The lowest BCUT2D eigenvalue weighted by molar-refractivity contribution is -0.118. The van der Waals surface area contributed by atoms with Crippen LogP contribution >= 0.6 is 0 Å². The van der Waals surface area contributed by atoms with Crippen molar-refractivity contribution >= 4 is 17.6 Å². The molecular formula is C22H26N2O3. The summed E-state index contributed by atoms with van der Waals surface area (Å²) >= 11 is 0. The summed E-state index contributed by atoms with van der Waals surface area (Å²) in [6.07, 6.45) is 0.154. The van der Waals surface area contributed by atoms with Crippen LogP contribution in [0.2, 0.25) is 0 Å². The van der Waals surface area contributed by atoms with Crippen LogP contribution in [0.25, 0.3) is 0 Å². The summed E-state index contributed by atoms with van der Waals surface area (Å²) in [6.45, 7) is 8.38. The molecule has 142 valence electrons. The second-order valence-electron chi connectivity index (χ2n) is 7.47. The molecule has 5 nitrogen and oxygen atoms in total. The summed E-state index contributed by atoms with van der Waals surface area (Å²) in [5.74, 6) is -0.450. The maximum absolute atomic E-state index is 12.5. The number of amides is 1. The minimum atomic E-state index is -0.372. The smallest absolute Gasteiger partial charge is 0.338 e. The van der Waals surface area contributed by atoms with Crippen LogP contribution in [-0.2, 0) is 9.53 Å². The topological polar surface area (TPSA) is 67.4 Å². The number of carbonyl (C=O) groups excluding carboxylic acids is 2. The van der Waals surface area contributed by atoms with Crippen molar-refractivity contribution in [2.75, 3.05) is 11.9 Å². The van der Waals surface area contributed by atoms with E-state index in [1.54, 1.807) is 0 Å². The van der Waals surface area contributed by atoms with Crippen molar-refractivity contribution in [1.29, 1.82) is 0 Å². The van der Waals surface area contributed by atoms with E-state index in [1.165, 1.54) is 0 Å². The van der Waals surface area contributed by atoms with E-state index in [-0.39, 0.29) is 24.0 Å². The Kier molecular flexibility index (Phi) is 5.61. The number of benzene rings is 2. The Hall–Kier alpha value is -2.66. The number of ether oxygens (including phenoxy) is 1. The molecule has 0 spiro atoms. The van der Waals surface area contributed by atoms with E-state index in [0.717, 1.165) is 27.9 Å². The molecule has 1 fully saturated rings. The summed E-state index contributed by atoms with van der Waals surface area (Å²) in [5, 5.41) is 6.09. The quantitative estimate of drug-likeness (QED) is 0.814. The van der Waals surface area contributed by atoms with E-state index in [4.69, 9.17) is 4.74 Å². The second-order valence-corrected chi connectivity index (χ2v) is 7.47. The Balaban J connectivity index is 1.57. The van der Waals surface area contributed by atoms with Gasteiger partial charge in [-0.3, -0.25) is 4.79 Å². The molecule has 0 aromatic heterocycles. The summed E-state index contributed by atoms with van der Waals surface area (Å²) in [7, 11) is 0. The number of rotatable bonds is 4. The van der Waals surface area contributed by atoms with Gasteiger partial charge in [-0.05, 0) is 63.1 Å². The highest BCUT2D eigenvalue weighted by Gasteiger charge is 2.32. The van der Waals surface area contributed by atoms with Crippen molar-refractivity contribution in [1.82, 2.24) is 5.32 Å². The molecular weight excluding hydrogens is 340 g/mol. The van der Waals surface area contributed by atoms with Gasteiger partial charge < -0.3 is 15.4 Å². The molecule has 3 rings (SSSR count). The fourth-order valence-electron chi connectivity index (χ4n) is 3.58. The van der Waals surface area contributed by atoms with Gasteiger partial charge in [-0.15, -0.1) is 0 Å². The number of anilines is 1. The summed E-state index contributed by atoms with van der Waals surface area (Å²) in [5.41, 5.74) is 5.59. The minimum absolute atomic E-state index is 0.107. The summed E-state index contributed by atoms with van der Waals surface area (Å²) < 4.78 is 5.59. The van der Waals surface area contributed by atoms with Crippen LogP contribution in [0, 0.1) is 27.7 Å². The Morgan fingerprint density at radius 2 is 1.48 bits per heavy atom. The highest BCUT2D eigenvalue weighted by Crippen LogP contribution is 2.18. The number of hydrogen-bond acceptors (Lipinski definition) is 4. The minimum Gasteiger partial charge on any atom is -0.457 e. The molecule has 0 bridgehead atoms.